The summed E-state index contributed by atoms with van der Waals surface area (Å²) in [6.07, 6.45) is -0.0519. The summed E-state index contributed by atoms with van der Waals surface area (Å²) in [5.74, 6) is -1.05. The molecular weight excluding hydrogens is 372 g/mol. The maximum Gasteiger partial charge on any atom is 0.308 e. The van der Waals surface area contributed by atoms with E-state index in [9.17, 15) is 14.4 Å². The normalized spacial score (nSPS) is 11.7. The number of amides is 1. The van der Waals surface area contributed by atoms with Crippen molar-refractivity contribution in [3.63, 3.8) is 0 Å². The van der Waals surface area contributed by atoms with Crippen molar-refractivity contribution in [1.29, 1.82) is 0 Å². The predicted octanol–water partition coefficient (Wildman–Crippen LogP) is 2.74. The molecule has 0 aliphatic carbocycles. The molecule has 0 radical (unpaired) electrons. The van der Waals surface area contributed by atoms with E-state index in [4.69, 9.17) is 9.47 Å². The van der Waals surface area contributed by atoms with E-state index in [1.54, 1.807) is 13.2 Å². The van der Waals surface area contributed by atoms with Crippen LogP contribution in [0.1, 0.15) is 46.7 Å². The third-order valence-corrected chi connectivity index (χ3v) is 4.71. The van der Waals surface area contributed by atoms with Crippen LogP contribution in [0.2, 0.25) is 0 Å². The topological polar surface area (TPSA) is 86.6 Å². The molecule has 0 fully saturated rings. The van der Waals surface area contributed by atoms with Crippen LogP contribution >= 0.6 is 0 Å². The number of esters is 1. The van der Waals surface area contributed by atoms with Gasteiger partial charge in [0.15, 0.2) is 6.61 Å². The number of benzene rings is 1. The molecule has 1 aromatic carbocycles. The van der Waals surface area contributed by atoms with Gasteiger partial charge in [-0.05, 0) is 25.5 Å². The standard InChI is InChI=1S/C22H28N2O5/c1-15-12-19(16(2)24(15)10-11-28-4)21(26)14-29-22(27)13-20(23-17(3)25)18-8-6-5-7-9-18/h5-9,12,20H,10-11,13-14H2,1-4H3,(H,23,25). The highest BCUT2D eigenvalue weighted by molar-refractivity contribution is 5.99. The minimum absolute atomic E-state index is 0.0519. The predicted molar refractivity (Wildman–Crippen MR) is 109 cm³/mol. The van der Waals surface area contributed by atoms with Gasteiger partial charge in [-0.1, -0.05) is 30.3 Å². The van der Waals surface area contributed by atoms with Gasteiger partial charge in [0, 0.05) is 37.5 Å². The Kier molecular flexibility index (Phi) is 8.15. The number of Topliss-reactive ketones (excluding diaryl/α,β-unsaturated/α-hetero) is 1. The van der Waals surface area contributed by atoms with E-state index in [0.29, 0.717) is 18.7 Å². The Morgan fingerprint density at radius 2 is 1.83 bits per heavy atom. The first-order chi connectivity index (χ1) is 13.8. The maximum atomic E-state index is 12.6. The molecule has 1 aromatic heterocycles. The van der Waals surface area contributed by atoms with Crippen molar-refractivity contribution in [2.24, 2.45) is 0 Å². The van der Waals surface area contributed by atoms with Gasteiger partial charge in [0.1, 0.15) is 0 Å². The van der Waals surface area contributed by atoms with Crippen LogP contribution in [0.15, 0.2) is 36.4 Å². The first kappa shape index (κ1) is 22.4. The summed E-state index contributed by atoms with van der Waals surface area (Å²) in [5.41, 5.74) is 3.10. The van der Waals surface area contributed by atoms with E-state index >= 15 is 0 Å². The summed E-state index contributed by atoms with van der Waals surface area (Å²) in [7, 11) is 1.63. The molecule has 29 heavy (non-hydrogen) atoms. The van der Waals surface area contributed by atoms with Gasteiger partial charge in [0.05, 0.1) is 19.1 Å². The van der Waals surface area contributed by atoms with E-state index in [-0.39, 0.29) is 24.7 Å². The minimum Gasteiger partial charge on any atom is -0.457 e. The second-order valence-electron chi connectivity index (χ2n) is 6.88. The second-order valence-corrected chi connectivity index (χ2v) is 6.88. The van der Waals surface area contributed by atoms with Gasteiger partial charge in [-0.3, -0.25) is 14.4 Å². The molecule has 0 bridgehead atoms. The quantitative estimate of drug-likeness (QED) is 0.490. The fraction of sp³-hybridized carbons (Fsp3) is 0.409. The van der Waals surface area contributed by atoms with E-state index < -0.39 is 12.0 Å². The zero-order valence-corrected chi connectivity index (χ0v) is 17.4. The highest BCUT2D eigenvalue weighted by Crippen LogP contribution is 2.18. The number of ether oxygens (including phenoxy) is 2. The third-order valence-electron chi connectivity index (χ3n) is 4.71. The molecule has 1 heterocycles. The molecule has 1 atom stereocenters. The van der Waals surface area contributed by atoms with Crippen LogP contribution in [0, 0.1) is 13.8 Å². The number of nitrogens with zero attached hydrogens (tertiary/aromatic N) is 1. The van der Waals surface area contributed by atoms with Crippen molar-refractivity contribution in [1.82, 2.24) is 9.88 Å². The smallest absolute Gasteiger partial charge is 0.308 e. The van der Waals surface area contributed by atoms with E-state index in [1.807, 2.05) is 48.7 Å². The molecule has 7 heteroatoms. The Balaban J connectivity index is 1.99. The lowest BCUT2D eigenvalue weighted by Gasteiger charge is -2.17. The van der Waals surface area contributed by atoms with Gasteiger partial charge in [0.2, 0.25) is 11.7 Å². The van der Waals surface area contributed by atoms with Crippen molar-refractivity contribution >= 4 is 17.7 Å². The summed E-state index contributed by atoms with van der Waals surface area (Å²) in [6.45, 7) is 6.03. The number of rotatable bonds is 10. The number of ketones is 1. The molecule has 0 aliphatic heterocycles. The number of methoxy groups -OCH3 is 1. The van der Waals surface area contributed by atoms with Crippen LogP contribution in [-0.4, -0.2) is 42.6 Å². The maximum absolute atomic E-state index is 12.6. The summed E-state index contributed by atoms with van der Waals surface area (Å²) in [4.78, 5) is 36.3. The molecule has 0 aliphatic rings. The van der Waals surface area contributed by atoms with Crippen LogP contribution in [0.5, 0.6) is 0 Å². The van der Waals surface area contributed by atoms with Crippen LogP contribution < -0.4 is 5.32 Å². The molecule has 0 saturated carbocycles. The van der Waals surface area contributed by atoms with Gasteiger partial charge in [-0.15, -0.1) is 0 Å². The largest absolute Gasteiger partial charge is 0.457 e. The number of hydrogen-bond donors (Lipinski definition) is 1. The molecule has 0 saturated heterocycles. The zero-order valence-electron chi connectivity index (χ0n) is 17.4. The fourth-order valence-electron chi connectivity index (χ4n) is 3.24. The Bertz CT molecular complexity index is 858. The fourth-order valence-corrected chi connectivity index (χ4v) is 3.24. The average Bonchev–Trinajstić information content (AvgIpc) is 2.98. The second kappa shape index (κ2) is 10.6. The Labute approximate surface area is 171 Å². The van der Waals surface area contributed by atoms with Crippen LogP contribution in [0.4, 0.5) is 0 Å². The number of hydrogen-bond acceptors (Lipinski definition) is 5. The molecule has 1 N–H and O–H groups in total. The average molecular weight is 400 g/mol. The van der Waals surface area contributed by atoms with Gasteiger partial charge in [-0.25, -0.2) is 0 Å². The molecular formula is C22H28N2O5. The number of carbonyl (C=O) groups is 3. The summed E-state index contributed by atoms with van der Waals surface area (Å²) in [5, 5.41) is 2.75. The summed E-state index contributed by atoms with van der Waals surface area (Å²) >= 11 is 0. The van der Waals surface area contributed by atoms with Crippen molar-refractivity contribution in [3.8, 4) is 0 Å². The van der Waals surface area contributed by atoms with Gasteiger partial charge in [0.25, 0.3) is 0 Å². The molecule has 7 nitrogen and oxygen atoms in total. The number of nitrogens with one attached hydrogen (secondary N) is 1. The molecule has 2 rings (SSSR count). The van der Waals surface area contributed by atoms with E-state index in [0.717, 1.165) is 17.0 Å². The Hall–Kier alpha value is -2.93. The third kappa shape index (κ3) is 6.29. The van der Waals surface area contributed by atoms with Crippen LogP contribution in [0.25, 0.3) is 0 Å². The molecule has 2 aromatic rings. The van der Waals surface area contributed by atoms with Crippen LogP contribution in [0.3, 0.4) is 0 Å². The van der Waals surface area contributed by atoms with Gasteiger partial charge >= 0.3 is 5.97 Å². The van der Waals surface area contributed by atoms with Crippen molar-refractivity contribution in [2.75, 3.05) is 20.3 Å². The van der Waals surface area contributed by atoms with Gasteiger partial charge in [-0.2, -0.15) is 0 Å². The van der Waals surface area contributed by atoms with E-state index in [2.05, 4.69) is 5.32 Å². The molecule has 1 amide bonds. The number of carbonyl (C=O) groups excluding carboxylic acids is 3. The van der Waals surface area contributed by atoms with Crippen molar-refractivity contribution < 1.29 is 23.9 Å². The van der Waals surface area contributed by atoms with Gasteiger partial charge < -0.3 is 19.4 Å². The SMILES string of the molecule is COCCn1c(C)cc(C(=O)COC(=O)CC(NC(C)=O)c2ccccc2)c1C. The lowest BCUT2D eigenvalue weighted by molar-refractivity contribution is -0.143. The lowest BCUT2D eigenvalue weighted by atomic mass is 10.0. The number of aryl methyl sites for hydroxylation is 1. The summed E-state index contributed by atoms with van der Waals surface area (Å²) in [6, 6.07) is 10.5. The zero-order chi connectivity index (χ0) is 21.4. The number of aromatic nitrogens is 1. The molecule has 0 spiro atoms. The lowest BCUT2D eigenvalue weighted by Crippen LogP contribution is -2.29. The van der Waals surface area contributed by atoms with Crippen molar-refractivity contribution in [2.45, 2.75) is 39.8 Å². The monoisotopic (exact) mass is 400 g/mol. The van der Waals surface area contributed by atoms with Crippen molar-refractivity contribution in [3.05, 3.63) is 58.9 Å². The minimum atomic E-state index is -0.547. The highest BCUT2D eigenvalue weighted by Gasteiger charge is 2.21. The molecule has 156 valence electrons. The first-order valence-electron chi connectivity index (χ1n) is 9.50. The Morgan fingerprint density at radius 1 is 1.14 bits per heavy atom. The van der Waals surface area contributed by atoms with Crippen LogP contribution in [-0.2, 0) is 25.6 Å². The summed E-state index contributed by atoms with van der Waals surface area (Å²) < 4.78 is 12.3. The Morgan fingerprint density at radius 3 is 2.45 bits per heavy atom. The van der Waals surface area contributed by atoms with E-state index in [1.165, 1.54) is 6.92 Å². The molecule has 1 unspecified atom stereocenters. The first-order valence-corrected chi connectivity index (χ1v) is 9.50. The highest BCUT2D eigenvalue weighted by atomic mass is 16.5.